The Morgan fingerprint density at radius 1 is 1.48 bits per heavy atom. The smallest absolute Gasteiger partial charge is 0.237 e. The summed E-state index contributed by atoms with van der Waals surface area (Å²) in [6.45, 7) is 7.09. The zero-order chi connectivity index (χ0) is 15.5. The maximum Gasteiger partial charge on any atom is 0.237 e. The quantitative estimate of drug-likeness (QED) is 0.878. The SMILES string of the molecule is CCNC1(C(N)=O)CCCC(Sc2cc(C)ccc2C)C1. The monoisotopic (exact) mass is 306 g/mol. The maximum atomic E-state index is 11.9. The van der Waals surface area contributed by atoms with E-state index in [2.05, 4.69) is 37.4 Å². The number of rotatable bonds is 5. The van der Waals surface area contributed by atoms with Gasteiger partial charge in [-0.2, -0.15) is 0 Å². The van der Waals surface area contributed by atoms with Crippen LogP contribution >= 0.6 is 11.8 Å². The standard InChI is InChI=1S/C17H26N2OS/c1-4-19-17(16(18)20)9-5-6-14(11-17)21-15-10-12(2)7-8-13(15)3/h7-8,10,14,19H,4-6,9,11H2,1-3H3,(H2,18,20). The van der Waals surface area contributed by atoms with Crippen molar-refractivity contribution in [3.63, 3.8) is 0 Å². The molecule has 21 heavy (non-hydrogen) atoms. The van der Waals surface area contributed by atoms with Crippen molar-refractivity contribution in [2.75, 3.05) is 6.54 Å². The second-order valence-corrected chi connectivity index (χ2v) is 7.42. The molecule has 2 atom stereocenters. The van der Waals surface area contributed by atoms with Crippen LogP contribution in [-0.2, 0) is 4.79 Å². The third-order valence-corrected chi connectivity index (χ3v) is 5.76. The number of hydrogen-bond acceptors (Lipinski definition) is 3. The van der Waals surface area contributed by atoms with E-state index >= 15 is 0 Å². The van der Waals surface area contributed by atoms with E-state index in [4.69, 9.17) is 5.73 Å². The van der Waals surface area contributed by atoms with Crippen LogP contribution < -0.4 is 11.1 Å². The largest absolute Gasteiger partial charge is 0.368 e. The van der Waals surface area contributed by atoms with Gasteiger partial charge in [-0.25, -0.2) is 0 Å². The number of carbonyl (C=O) groups excluding carboxylic acids is 1. The van der Waals surface area contributed by atoms with Gasteiger partial charge >= 0.3 is 0 Å². The average molecular weight is 306 g/mol. The highest BCUT2D eigenvalue weighted by Crippen LogP contribution is 2.39. The molecule has 116 valence electrons. The summed E-state index contributed by atoms with van der Waals surface area (Å²) in [6, 6.07) is 6.56. The molecule has 1 aliphatic rings. The van der Waals surface area contributed by atoms with Gasteiger partial charge in [0, 0.05) is 10.1 Å². The lowest BCUT2D eigenvalue weighted by molar-refractivity contribution is -0.125. The van der Waals surface area contributed by atoms with Crippen LogP contribution in [0.5, 0.6) is 0 Å². The molecule has 1 aromatic rings. The van der Waals surface area contributed by atoms with Crippen molar-refractivity contribution < 1.29 is 4.79 Å². The Bertz CT molecular complexity index is 514. The molecule has 0 aliphatic heterocycles. The van der Waals surface area contributed by atoms with Crippen molar-refractivity contribution >= 4 is 17.7 Å². The first-order chi connectivity index (χ1) is 9.97. The Morgan fingerprint density at radius 2 is 2.24 bits per heavy atom. The molecule has 1 fully saturated rings. The van der Waals surface area contributed by atoms with Crippen molar-refractivity contribution in [2.45, 2.75) is 62.1 Å². The molecular weight excluding hydrogens is 280 g/mol. The van der Waals surface area contributed by atoms with Crippen molar-refractivity contribution in [1.29, 1.82) is 0 Å². The molecule has 1 amide bonds. The van der Waals surface area contributed by atoms with Crippen LogP contribution in [0.25, 0.3) is 0 Å². The number of aryl methyl sites for hydroxylation is 2. The van der Waals surface area contributed by atoms with E-state index in [1.807, 2.05) is 18.7 Å². The van der Waals surface area contributed by atoms with Crippen LogP contribution in [0.15, 0.2) is 23.1 Å². The lowest BCUT2D eigenvalue weighted by Gasteiger charge is -2.39. The minimum Gasteiger partial charge on any atom is -0.368 e. The molecule has 0 spiro atoms. The van der Waals surface area contributed by atoms with Gasteiger partial charge in [0.25, 0.3) is 0 Å². The molecule has 1 aliphatic carbocycles. The highest BCUT2D eigenvalue weighted by atomic mass is 32.2. The fourth-order valence-electron chi connectivity index (χ4n) is 3.15. The number of carbonyl (C=O) groups is 1. The van der Waals surface area contributed by atoms with E-state index in [1.165, 1.54) is 16.0 Å². The summed E-state index contributed by atoms with van der Waals surface area (Å²) in [5, 5.41) is 3.80. The van der Waals surface area contributed by atoms with Gasteiger partial charge in [-0.3, -0.25) is 4.79 Å². The van der Waals surface area contributed by atoms with E-state index in [0.717, 1.165) is 32.2 Å². The Balaban J connectivity index is 2.13. The van der Waals surface area contributed by atoms with Crippen LogP contribution in [0, 0.1) is 13.8 Å². The van der Waals surface area contributed by atoms with Gasteiger partial charge in [0.05, 0.1) is 5.54 Å². The number of hydrogen-bond donors (Lipinski definition) is 2. The molecule has 0 bridgehead atoms. The van der Waals surface area contributed by atoms with Crippen molar-refractivity contribution in [3.8, 4) is 0 Å². The number of benzene rings is 1. The normalized spacial score (nSPS) is 25.8. The van der Waals surface area contributed by atoms with Crippen LogP contribution in [0.3, 0.4) is 0 Å². The Kier molecular flexibility index (Phi) is 5.33. The van der Waals surface area contributed by atoms with Gasteiger partial charge in [-0.15, -0.1) is 11.8 Å². The predicted octanol–water partition coefficient (Wildman–Crippen LogP) is 3.17. The molecule has 2 unspecified atom stereocenters. The van der Waals surface area contributed by atoms with E-state index < -0.39 is 5.54 Å². The summed E-state index contributed by atoms with van der Waals surface area (Å²) in [7, 11) is 0. The predicted molar refractivity (Wildman–Crippen MR) is 89.6 cm³/mol. The first kappa shape index (κ1) is 16.4. The molecule has 2 rings (SSSR count). The summed E-state index contributed by atoms with van der Waals surface area (Å²) in [6.07, 6.45) is 3.89. The first-order valence-electron chi connectivity index (χ1n) is 7.75. The topological polar surface area (TPSA) is 55.1 Å². The van der Waals surface area contributed by atoms with E-state index in [9.17, 15) is 4.79 Å². The zero-order valence-corrected chi connectivity index (χ0v) is 14.1. The second kappa shape index (κ2) is 6.84. The summed E-state index contributed by atoms with van der Waals surface area (Å²) in [5.41, 5.74) is 7.77. The summed E-state index contributed by atoms with van der Waals surface area (Å²) in [4.78, 5) is 13.3. The molecular formula is C17H26N2OS. The molecule has 0 saturated heterocycles. The molecule has 4 heteroatoms. The molecule has 0 aromatic heterocycles. The van der Waals surface area contributed by atoms with Crippen molar-refractivity contribution in [3.05, 3.63) is 29.3 Å². The second-order valence-electron chi connectivity index (χ2n) is 6.08. The highest BCUT2D eigenvalue weighted by Gasteiger charge is 2.40. The molecule has 3 nitrogen and oxygen atoms in total. The molecule has 1 aromatic carbocycles. The Hall–Kier alpha value is -1.00. The van der Waals surface area contributed by atoms with Crippen LogP contribution in [0.4, 0.5) is 0 Å². The van der Waals surface area contributed by atoms with Crippen LogP contribution in [0.1, 0.15) is 43.7 Å². The van der Waals surface area contributed by atoms with Crippen LogP contribution in [0.2, 0.25) is 0 Å². The van der Waals surface area contributed by atoms with Crippen molar-refractivity contribution in [2.24, 2.45) is 5.73 Å². The van der Waals surface area contributed by atoms with Gasteiger partial charge in [0.15, 0.2) is 0 Å². The lowest BCUT2D eigenvalue weighted by atomic mass is 9.80. The number of nitrogens with two attached hydrogens (primary N) is 1. The molecule has 1 saturated carbocycles. The van der Waals surface area contributed by atoms with Gasteiger partial charge in [-0.1, -0.05) is 24.6 Å². The number of likely N-dealkylation sites (N-methyl/N-ethyl adjacent to an activating group) is 1. The Labute approximate surface area is 132 Å². The van der Waals surface area contributed by atoms with Gasteiger partial charge in [-0.05, 0) is 57.7 Å². The molecule has 3 N–H and O–H groups in total. The van der Waals surface area contributed by atoms with Gasteiger partial charge in [0.2, 0.25) is 5.91 Å². The fourth-order valence-corrected chi connectivity index (χ4v) is 4.67. The van der Waals surface area contributed by atoms with E-state index in [-0.39, 0.29) is 5.91 Å². The van der Waals surface area contributed by atoms with Gasteiger partial charge in [0.1, 0.15) is 0 Å². The number of amides is 1. The summed E-state index contributed by atoms with van der Waals surface area (Å²) < 4.78 is 0. The Morgan fingerprint density at radius 3 is 2.90 bits per heavy atom. The molecule has 0 heterocycles. The average Bonchev–Trinajstić information content (AvgIpc) is 2.43. The maximum absolute atomic E-state index is 11.9. The third-order valence-electron chi connectivity index (χ3n) is 4.33. The number of thioether (sulfide) groups is 1. The summed E-state index contributed by atoms with van der Waals surface area (Å²) >= 11 is 1.90. The number of primary amides is 1. The number of nitrogens with one attached hydrogen (secondary N) is 1. The van der Waals surface area contributed by atoms with Crippen LogP contribution in [-0.4, -0.2) is 23.2 Å². The third kappa shape index (κ3) is 3.80. The zero-order valence-electron chi connectivity index (χ0n) is 13.2. The van der Waals surface area contributed by atoms with E-state index in [1.54, 1.807) is 0 Å². The first-order valence-corrected chi connectivity index (χ1v) is 8.63. The minimum absolute atomic E-state index is 0.199. The fraction of sp³-hybridized carbons (Fsp3) is 0.588. The lowest BCUT2D eigenvalue weighted by Crippen LogP contribution is -2.58. The minimum atomic E-state index is -0.512. The summed E-state index contributed by atoms with van der Waals surface area (Å²) in [5.74, 6) is -0.199. The van der Waals surface area contributed by atoms with E-state index in [0.29, 0.717) is 5.25 Å². The highest BCUT2D eigenvalue weighted by molar-refractivity contribution is 8.00. The van der Waals surface area contributed by atoms with Crippen molar-refractivity contribution in [1.82, 2.24) is 5.32 Å². The van der Waals surface area contributed by atoms with Gasteiger partial charge < -0.3 is 11.1 Å². The molecule has 0 radical (unpaired) electrons.